The Kier molecular flexibility index (Phi) is 7.58. The average Bonchev–Trinajstić information content (AvgIpc) is 3.38. The first kappa shape index (κ1) is 27.7. The quantitative estimate of drug-likeness (QED) is 0.291. The van der Waals surface area contributed by atoms with Gasteiger partial charge < -0.3 is 20.9 Å². The number of amides is 1. The van der Waals surface area contributed by atoms with E-state index in [2.05, 4.69) is 10.1 Å². The molecule has 0 aliphatic heterocycles. The molecular formula is C28H32N6O5S. The van der Waals surface area contributed by atoms with E-state index in [0.29, 0.717) is 49.2 Å². The van der Waals surface area contributed by atoms with E-state index in [0.717, 1.165) is 23.1 Å². The summed E-state index contributed by atoms with van der Waals surface area (Å²) in [6, 6.07) is 13.7. The van der Waals surface area contributed by atoms with Gasteiger partial charge in [-0.05, 0) is 31.7 Å². The van der Waals surface area contributed by atoms with Crippen molar-refractivity contribution in [3.63, 3.8) is 0 Å². The molecule has 1 aromatic carbocycles. The fourth-order valence-corrected chi connectivity index (χ4v) is 6.41. The molecule has 0 unspecified atom stereocenters. The Labute approximate surface area is 232 Å². The minimum Gasteiger partial charge on any atom is -0.382 e. The number of hydrogen-bond acceptors (Lipinski definition) is 9. The Balaban J connectivity index is 1.53. The summed E-state index contributed by atoms with van der Waals surface area (Å²) in [5.74, 6) is -0.833. The van der Waals surface area contributed by atoms with Gasteiger partial charge in [-0.2, -0.15) is 9.61 Å². The molecule has 4 aromatic rings. The first-order valence-corrected chi connectivity index (χ1v) is 14.9. The summed E-state index contributed by atoms with van der Waals surface area (Å²) in [6.45, 7) is 0.558. The molecule has 1 amide bonds. The highest BCUT2D eigenvalue weighted by Crippen LogP contribution is 2.43. The van der Waals surface area contributed by atoms with Crippen LogP contribution in [0.15, 0.2) is 59.8 Å². The molecule has 0 spiro atoms. The Morgan fingerprint density at radius 1 is 1.07 bits per heavy atom. The molecule has 0 radical (unpaired) electrons. The van der Waals surface area contributed by atoms with Crippen LogP contribution in [0.2, 0.25) is 0 Å². The van der Waals surface area contributed by atoms with E-state index in [-0.39, 0.29) is 23.2 Å². The van der Waals surface area contributed by atoms with Gasteiger partial charge in [0.25, 0.3) is 0 Å². The van der Waals surface area contributed by atoms with Crippen LogP contribution in [-0.4, -0.2) is 66.1 Å². The zero-order valence-corrected chi connectivity index (χ0v) is 23.2. The monoisotopic (exact) mass is 564 g/mol. The SMILES string of the molecule is COCCOC1(C(N)=O)CCC(c2nc3c(-c4ccc(-c5ccccc5)nc4)cnn3c(N)c2S(C)(=O)=O)CC1. The third-order valence-corrected chi connectivity index (χ3v) is 8.63. The van der Waals surface area contributed by atoms with Crippen LogP contribution in [0.25, 0.3) is 28.0 Å². The summed E-state index contributed by atoms with van der Waals surface area (Å²) in [5, 5.41) is 4.37. The number of rotatable bonds is 9. The molecule has 1 aliphatic rings. The van der Waals surface area contributed by atoms with Gasteiger partial charge in [-0.25, -0.2) is 13.4 Å². The van der Waals surface area contributed by atoms with Crippen molar-refractivity contribution in [2.75, 3.05) is 32.3 Å². The van der Waals surface area contributed by atoms with Crippen LogP contribution >= 0.6 is 0 Å². The van der Waals surface area contributed by atoms with E-state index < -0.39 is 21.3 Å². The number of anilines is 1. The number of nitrogens with two attached hydrogens (primary N) is 2. The van der Waals surface area contributed by atoms with Crippen molar-refractivity contribution in [1.82, 2.24) is 19.6 Å². The molecule has 1 fully saturated rings. The lowest BCUT2D eigenvalue weighted by Crippen LogP contribution is -2.49. The third-order valence-electron chi connectivity index (χ3n) is 7.47. The lowest BCUT2D eigenvalue weighted by molar-refractivity contribution is -0.151. The molecule has 1 aliphatic carbocycles. The number of hydrogen-bond donors (Lipinski definition) is 2. The highest BCUT2D eigenvalue weighted by Gasteiger charge is 2.43. The lowest BCUT2D eigenvalue weighted by atomic mass is 9.77. The van der Waals surface area contributed by atoms with Gasteiger partial charge in [0, 0.05) is 42.2 Å². The van der Waals surface area contributed by atoms with E-state index in [1.165, 1.54) is 4.52 Å². The molecule has 3 aromatic heterocycles. The van der Waals surface area contributed by atoms with Gasteiger partial charge in [-0.3, -0.25) is 9.78 Å². The number of sulfone groups is 1. The van der Waals surface area contributed by atoms with Crippen LogP contribution in [0.1, 0.15) is 37.3 Å². The van der Waals surface area contributed by atoms with Gasteiger partial charge in [0.15, 0.2) is 15.5 Å². The average molecular weight is 565 g/mol. The molecule has 11 nitrogen and oxygen atoms in total. The molecule has 210 valence electrons. The highest BCUT2D eigenvalue weighted by atomic mass is 32.2. The summed E-state index contributed by atoms with van der Waals surface area (Å²) in [6.07, 6.45) is 5.98. The fraction of sp³-hybridized carbons (Fsp3) is 0.357. The van der Waals surface area contributed by atoms with Gasteiger partial charge in [-0.15, -0.1) is 0 Å². The van der Waals surface area contributed by atoms with Crippen LogP contribution in [0, 0.1) is 0 Å². The predicted octanol–water partition coefficient (Wildman–Crippen LogP) is 2.99. The normalized spacial score (nSPS) is 19.6. The van der Waals surface area contributed by atoms with Crippen molar-refractivity contribution >= 4 is 27.2 Å². The van der Waals surface area contributed by atoms with Gasteiger partial charge in [0.1, 0.15) is 16.3 Å². The predicted molar refractivity (Wildman–Crippen MR) is 150 cm³/mol. The molecule has 40 heavy (non-hydrogen) atoms. The summed E-state index contributed by atoms with van der Waals surface area (Å²) in [5.41, 5.74) is 15.1. The van der Waals surface area contributed by atoms with E-state index in [9.17, 15) is 13.2 Å². The molecule has 3 heterocycles. The molecule has 0 saturated heterocycles. The highest BCUT2D eigenvalue weighted by molar-refractivity contribution is 7.91. The zero-order chi connectivity index (χ0) is 28.5. The van der Waals surface area contributed by atoms with Gasteiger partial charge in [0.05, 0.1) is 30.8 Å². The van der Waals surface area contributed by atoms with E-state index >= 15 is 0 Å². The molecule has 0 bridgehead atoms. The van der Waals surface area contributed by atoms with Gasteiger partial charge in [0.2, 0.25) is 5.91 Å². The van der Waals surface area contributed by atoms with Crippen molar-refractivity contribution in [3.8, 4) is 22.4 Å². The van der Waals surface area contributed by atoms with Crippen molar-refractivity contribution in [3.05, 3.63) is 60.6 Å². The number of ether oxygens (including phenoxy) is 2. The molecule has 1 saturated carbocycles. The number of nitrogens with zero attached hydrogens (tertiary/aromatic N) is 4. The number of pyridine rings is 1. The van der Waals surface area contributed by atoms with Crippen LogP contribution < -0.4 is 11.5 Å². The smallest absolute Gasteiger partial charge is 0.249 e. The molecule has 5 rings (SSSR count). The standard InChI is InChI=1S/C28H32N6O5S/c1-38-14-15-39-28(27(30)35)12-10-19(11-13-28)23-24(40(2,36)37)25(29)34-26(33-23)21(17-32-34)20-8-9-22(31-16-20)18-6-4-3-5-7-18/h3-9,16-17,19H,10-15,29H2,1-2H3,(H2,30,35). The van der Waals surface area contributed by atoms with E-state index in [4.69, 9.17) is 25.9 Å². The Morgan fingerprint density at radius 2 is 1.80 bits per heavy atom. The number of primary amides is 1. The summed E-state index contributed by atoms with van der Waals surface area (Å²) in [4.78, 5) is 21.8. The van der Waals surface area contributed by atoms with E-state index in [1.807, 2.05) is 42.5 Å². The van der Waals surface area contributed by atoms with Crippen molar-refractivity contribution in [2.45, 2.75) is 42.1 Å². The van der Waals surface area contributed by atoms with Crippen molar-refractivity contribution < 1.29 is 22.7 Å². The van der Waals surface area contributed by atoms with Crippen molar-refractivity contribution in [2.24, 2.45) is 5.73 Å². The largest absolute Gasteiger partial charge is 0.382 e. The number of nitrogen functional groups attached to an aromatic ring is 1. The summed E-state index contributed by atoms with van der Waals surface area (Å²) in [7, 11) is -2.21. The Hall–Kier alpha value is -3.87. The first-order chi connectivity index (χ1) is 19.1. The number of fused-ring (bicyclic) bond motifs is 1. The van der Waals surface area contributed by atoms with Gasteiger partial charge >= 0.3 is 0 Å². The zero-order valence-electron chi connectivity index (χ0n) is 22.4. The number of carbonyl (C=O) groups is 1. The second-order valence-electron chi connectivity index (χ2n) is 10.0. The van der Waals surface area contributed by atoms with Crippen LogP contribution in [0.4, 0.5) is 5.82 Å². The minimum absolute atomic E-state index is 0.00861. The Bertz CT molecular complexity index is 1630. The maximum atomic E-state index is 12.9. The van der Waals surface area contributed by atoms with E-state index in [1.54, 1.807) is 19.5 Å². The molecule has 4 N–H and O–H groups in total. The van der Waals surface area contributed by atoms with Crippen LogP contribution in [-0.2, 0) is 24.1 Å². The number of carbonyl (C=O) groups excluding carboxylic acids is 1. The molecular weight excluding hydrogens is 532 g/mol. The second kappa shape index (κ2) is 11.0. The first-order valence-electron chi connectivity index (χ1n) is 13.0. The number of methoxy groups -OCH3 is 1. The third kappa shape index (κ3) is 5.17. The topological polar surface area (TPSA) is 165 Å². The maximum Gasteiger partial charge on any atom is 0.249 e. The van der Waals surface area contributed by atoms with Gasteiger partial charge in [-0.1, -0.05) is 36.4 Å². The van der Waals surface area contributed by atoms with Crippen molar-refractivity contribution in [1.29, 1.82) is 0 Å². The number of benzene rings is 1. The van der Waals surface area contributed by atoms with Crippen LogP contribution in [0.5, 0.6) is 0 Å². The van der Waals surface area contributed by atoms with Crippen LogP contribution in [0.3, 0.4) is 0 Å². The molecule has 0 atom stereocenters. The minimum atomic E-state index is -3.76. The summed E-state index contributed by atoms with van der Waals surface area (Å²) < 4.78 is 38.1. The maximum absolute atomic E-state index is 12.9. The summed E-state index contributed by atoms with van der Waals surface area (Å²) >= 11 is 0. The lowest BCUT2D eigenvalue weighted by Gasteiger charge is -2.37. The number of aromatic nitrogens is 4. The molecule has 12 heteroatoms. The fourth-order valence-electron chi connectivity index (χ4n) is 5.35. The Morgan fingerprint density at radius 3 is 2.40 bits per heavy atom. The second-order valence-corrected chi connectivity index (χ2v) is 12.0.